The molecule has 0 unspecified atom stereocenters. The van der Waals surface area contributed by atoms with Crippen molar-refractivity contribution < 1.29 is 9.59 Å². The van der Waals surface area contributed by atoms with Gasteiger partial charge >= 0.3 is 0 Å². The number of carbonyl (C=O) groups is 2. The molecule has 0 atom stereocenters. The molecular weight excluding hydrogens is 326 g/mol. The van der Waals surface area contributed by atoms with Crippen molar-refractivity contribution in [2.24, 2.45) is 0 Å². The highest BCUT2D eigenvalue weighted by Gasteiger charge is 2.24. The maximum Gasteiger partial charge on any atom is 0.254 e. The van der Waals surface area contributed by atoms with Crippen molar-refractivity contribution in [2.45, 2.75) is 33.6 Å². The molecule has 1 aliphatic heterocycles. The van der Waals surface area contributed by atoms with Crippen LogP contribution in [0.1, 0.15) is 39.3 Å². The SMILES string of the molecule is Cc1cc(CC(=O)N2CCCN(C(=O)c3ccccc3C)CC2)c(C)[nH]1. The molecule has 2 aromatic rings. The number of hydrogen-bond acceptors (Lipinski definition) is 2. The van der Waals surface area contributed by atoms with Crippen LogP contribution in [0.3, 0.4) is 0 Å². The maximum absolute atomic E-state index is 12.8. The number of amides is 2. The third-order valence-corrected chi connectivity index (χ3v) is 5.11. The molecular formula is C21H27N3O2. The number of aromatic amines is 1. The van der Waals surface area contributed by atoms with E-state index in [1.54, 1.807) is 0 Å². The van der Waals surface area contributed by atoms with E-state index in [2.05, 4.69) is 4.98 Å². The topological polar surface area (TPSA) is 56.4 Å². The van der Waals surface area contributed by atoms with Gasteiger partial charge < -0.3 is 14.8 Å². The van der Waals surface area contributed by atoms with Crippen LogP contribution in [0.4, 0.5) is 0 Å². The van der Waals surface area contributed by atoms with Gasteiger partial charge in [0.05, 0.1) is 6.42 Å². The standard InChI is InChI=1S/C21H27N3O2/c1-15-7-4-5-8-19(15)21(26)24-10-6-9-23(11-12-24)20(25)14-18-13-16(2)22-17(18)3/h4-5,7-8,13,22H,6,9-12,14H2,1-3H3. The number of aromatic nitrogens is 1. The lowest BCUT2D eigenvalue weighted by Gasteiger charge is -2.23. The normalized spacial score (nSPS) is 15.0. The van der Waals surface area contributed by atoms with E-state index in [1.165, 1.54) is 0 Å². The molecule has 0 bridgehead atoms. The molecule has 5 heteroatoms. The summed E-state index contributed by atoms with van der Waals surface area (Å²) in [6.07, 6.45) is 1.23. The number of aryl methyl sites for hydroxylation is 3. The number of nitrogens with one attached hydrogen (secondary N) is 1. The second-order valence-corrected chi connectivity index (χ2v) is 7.12. The van der Waals surface area contributed by atoms with Crippen LogP contribution in [0.25, 0.3) is 0 Å². The minimum Gasteiger partial charge on any atom is -0.362 e. The zero-order valence-corrected chi connectivity index (χ0v) is 15.8. The van der Waals surface area contributed by atoms with Gasteiger partial charge in [-0.05, 0) is 50.5 Å². The highest BCUT2D eigenvalue weighted by atomic mass is 16.2. The molecule has 1 N–H and O–H groups in total. The lowest BCUT2D eigenvalue weighted by atomic mass is 10.1. The molecule has 1 fully saturated rings. The Morgan fingerprint density at radius 3 is 2.38 bits per heavy atom. The van der Waals surface area contributed by atoms with Gasteiger partial charge in [-0.15, -0.1) is 0 Å². The van der Waals surface area contributed by atoms with E-state index in [4.69, 9.17) is 0 Å². The van der Waals surface area contributed by atoms with Crippen molar-refractivity contribution >= 4 is 11.8 Å². The highest BCUT2D eigenvalue weighted by Crippen LogP contribution is 2.15. The summed E-state index contributed by atoms with van der Waals surface area (Å²) in [5.74, 6) is 0.201. The molecule has 0 spiro atoms. The van der Waals surface area contributed by atoms with Gasteiger partial charge in [-0.3, -0.25) is 9.59 Å². The van der Waals surface area contributed by atoms with Gasteiger partial charge in [-0.25, -0.2) is 0 Å². The second kappa shape index (κ2) is 7.77. The minimum absolute atomic E-state index is 0.0644. The van der Waals surface area contributed by atoms with Crippen LogP contribution in [0, 0.1) is 20.8 Å². The van der Waals surface area contributed by atoms with Crippen molar-refractivity contribution in [2.75, 3.05) is 26.2 Å². The Balaban J connectivity index is 1.63. The Bertz CT molecular complexity index is 809. The molecule has 0 radical (unpaired) electrons. The zero-order chi connectivity index (χ0) is 18.7. The zero-order valence-electron chi connectivity index (χ0n) is 15.8. The van der Waals surface area contributed by atoms with Crippen molar-refractivity contribution in [3.63, 3.8) is 0 Å². The fraction of sp³-hybridized carbons (Fsp3) is 0.429. The van der Waals surface area contributed by atoms with Crippen molar-refractivity contribution in [1.82, 2.24) is 14.8 Å². The Kier molecular flexibility index (Phi) is 5.45. The monoisotopic (exact) mass is 353 g/mol. The van der Waals surface area contributed by atoms with Crippen LogP contribution < -0.4 is 0 Å². The van der Waals surface area contributed by atoms with Crippen LogP contribution >= 0.6 is 0 Å². The summed E-state index contributed by atoms with van der Waals surface area (Å²) < 4.78 is 0. The molecule has 1 saturated heterocycles. The van der Waals surface area contributed by atoms with E-state index in [0.29, 0.717) is 32.6 Å². The predicted molar refractivity (Wildman–Crippen MR) is 102 cm³/mol. The molecule has 26 heavy (non-hydrogen) atoms. The molecule has 2 heterocycles. The first-order valence-corrected chi connectivity index (χ1v) is 9.23. The third-order valence-electron chi connectivity index (χ3n) is 5.11. The van der Waals surface area contributed by atoms with Crippen molar-refractivity contribution in [1.29, 1.82) is 0 Å². The van der Waals surface area contributed by atoms with Gasteiger partial charge in [0.2, 0.25) is 5.91 Å². The first-order chi connectivity index (χ1) is 12.5. The van der Waals surface area contributed by atoms with E-state index in [-0.39, 0.29) is 11.8 Å². The fourth-order valence-electron chi connectivity index (χ4n) is 3.59. The van der Waals surface area contributed by atoms with E-state index < -0.39 is 0 Å². The minimum atomic E-state index is 0.0644. The maximum atomic E-state index is 12.8. The molecule has 1 aliphatic rings. The summed E-state index contributed by atoms with van der Waals surface area (Å²) in [4.78, 5) is 32.5. The average molecular weight is 353 g/mol. The van der Waals surface area contributed by atoms with Crippen LogP contribution in [0.15, 0.2) is 30.3 Å². The average Bonchev–Trinajstić information content (AvgIpc) is 2.81. The second-order valence-electron chi connectivity index (χ2n) is 7.12. The molecule has 138 valence electrons. The largest absolute Gasteiger partial charge is 0.362 e. The first-order valence-electron chi connectivity index (χ1n) is 9.23. The number of nitrogens with zero attached hydrogens (tertiary/aromatic N) is 2. The lowest BCUT2D eigenvalue weighted by Crippen LogP contribution is -2.38. The molecule has 3 rings (SSSR count). The number of rotatable bonds is 3. The smallest absolute Gasteiger partial charge is 0.254 e. The Morgan fingerprint density at radius 2 is 1.69 bits per heavy atom. The van der Waals surface area contributed by atoms with Crippen molar-refractivity contribution in [3.8, 4) is 0 Å². The van der Waals surface area contributed by atoms with Crippen LogP contribution in [-0.4, -0.2) is 52.8 Å². The third kappa shape index (κ3) is 3.98. The van der Waals surface area contributed by atoms with Crippen LogP contribution in [-0.2, 0) is 11.2 Å². The Hall–Kier alpha value is -2.56. The molecule has 0 saturated carbocycles. The number of H-pyrrole nitrogens is 1. The highest BCUT2D eigenvalue weighted by molar-refractivity contribution is 5.95. The van der Waals surface area contributed by atoms with Crippen molar-refractivity contribution in [3.05, 3.63) is 58.4 Å². The molecule has 2 amide bonds. The fourth-order valence-corrected chi connectivity index (χ4v) is 3.59. The summed E-state index contributed by atoms with van der Waals surface area (Å²) >= 11 is 0. The lowest BCUT2D eigenvalue weighted by molar-refractivity contribution is -0.130. The van der Waals surface area contributed by atoms with Gasteiger partial charge in [0.1, 0.15) is 0 Å². The Labute approximate surface area is 155 Å². The summed E-state index contributed by atoms with van der Waals surface area (Å²) in [6.45, 7) is 8.55. The van der Waals surface area contributed by atoms with E-state index in [0.717, 1.165) is 34.5 Å². The summed E-state index contributed by atoms with van der Waals surface area (Å²) in [5.41, 5.74) is 4.95. The van der Waals surface area contributed by atoms with Gasteiger partial charge in [-0.2, -0.15) is 0 Å². The van der Waals surface area contributed by atoms with Gasteiger partial charge in [0.25, 0.3) is 5.91 Å². The molecule has 5 nitrogen and oxygen atoms in total. The van der Waals surface area contributed by atoms with E-state index in [9.17, 15) is 9.59 Å². The number of benzene rings is 1. The number of hydrogen-bond donors (Lipinski definition) is 1. The first kappa shape index (κ1) is 18.2. The summed E-state index contributed by atoms with van der Waals surface area (Å²) in [7, 11) is 0. The Morgan fingerprint density at radius 1 is 1.00 bits per heavy atom. The summed E-state index contributed by atoms with van der Waals surface area (Å²) in [5, 5.41) is 0. The quantitative estimate of drug-likeness (QED) is 0.922. The van der Waals surface area contributed by atoms with Gasteiger partial charge in [-0.1, -0.05) is 18.2 Å². The number of carbonyl (C=O) groups excluding carboxylic acids is 2. The van der Waals surface area contributed by atoms with Crippen LogP contribution in [0.5, 0.6) is 0 Å². The van der Waals surface area contributed by atoms with Gasteiger partial charge in [0.15, 0.2) is 0 Å². The summed E-state index contributed by atoms with van der Waals surface area (Å²) in [6, 6.07) is 9.72. The van der Waals surface area contributed by atoms with E-state index in [1.807, 2.05) is 60.9 Å². The van der Waals surface area contributed by atoms with Gasteiger partial charge in [0, 0.05) is 43.1 Å². The molecule has 1 aromatic carbocycles. The van der Waals surface area contributed by atoms with E-state index >= 15 is 0 Å². The molecule has 1 aromatic heterocycles. The predicted octanol–water partition coefficient (Wildman–Crippen LogP) is 2.86. The molecule has 0 aliphatic carbocycles. The van der Waals surface area contributed by atoms with Crippen LogP contribution in [0.2, 0.25) is 0 Å².